The van der Waals surface area contributed by atoms with Crippen molar-refractivity contribution in [1.82, 2.24) is 0 Å². The molecular weight excluding hydrogens is 200 g/mol. The van der Waals surface area contributed by atoms with Crippen LogP contribution in [0.1, 0.15) is 26.2 Å². The summed E-state index contributed by atoms with van der Waals surface area (Å²) in [7, 11) is 1.33. The van der Waals surface area contributed by atoms with E-state index in [0.717, 1.165) is 19.3 Å². The summed E-state index contributed by atoms with van der Waals surface area (Å²) in [5.74, 6) is -0.219. The minimum atomic E-state index is -0.508. The third-order valence-electron chi connectivity index (χ3n) is 2.43. The smallest absolute Gasteiger partial charge is 0.317 e. The molecule has 0 N–H and O–H groups in total. The highest BCUT2D eigenvalue weighted by Crippen LogP contribution is 2.32. The number of ketones is 1. The van der Waals surface area contributed by atoms with Gasteiger partial charge >= 0.3 is 5.97 Å². The average Bonchev–Trinajstić information content (AvgIpc) is 2.56. The van der Waals surface area contributed by atoms with Crippen molar-refractivity contribution in [1.29, 1.82) is 0 Å². The maximum Gasteiger partial charge on any atom is 0.317 e. The van der Waals surface area contributed by atoms with Gasteiger partial charge in [-0.3, -0.25) is 9.59 Å². The van der Waals surface area contributed by atoms with E-state index in [1.165, 1.54) is 7.11 Å². The zero-order valence-corrected chi connectivity index (χ0v) is 9.43. The van der Waals surface area contributed by atoms with Crippen molar-refractivity contribution < 1.29 is 14.3 Å². The number of thioether (sulfide) groups is 1. The number of carbonyl (C=O) groups excluding carboxylic acids is 2. The van der Waals surface area contributed by atoms with E-state index in [1.807, 2.05) is 0 Å². The van der Waals surface area contributed by atoms with Crippen LogP contribution in [-0.4, -0.2) is 29.9 Å². The largest absolute Gasteiger partial charge is 0.468 e. The van der Waals surface area contributed by atoms with Crippen LogP contribution in [-0.2, 0) is 14.3 Å². The van der Waals surface area contributed by atoms with Crippen LogP contribution in [0.5, 0.6) is 0 Å². The summed E-state index contributed by atoms with van der Waals surface area (Å²) in [4.78, 5) is 22.9. The Bertz CT molecular complexity index is 227. The molecular formula is C10H16O3S. The van der Waals surface area contributed by atoms with Crippen LogP contribution in [0.3, 0.4) is 0 Å². The van der Waals surface area contributed by atoms with Crippen LogP contribution in [0, 0.1) is 5.92 Å². The normalized spacial score (nSPS) is 26.6. The van der Waals surface area contributed by atoms with E-state index in [-0.39, 0.29) is 17.0 Å². The van der Waals surface area contributed by atoms with Crippen LogP contribution >= 0.6 is 11.8 Å². The summed E-state index contributed by atoms with van der Waals surface area (Å²) in [5, 5.41) is 0.0269. The first kappa shape index (κ1) is 11.6. The van der Waals surface area contributed by atoms with Crippen molar-refractivity contribution in [3.8, 4) is 0 Å². The Kier molecular flexibility index (Phi) is 4.45. The van der Waals surface area contributed by atoms with Gasteiger partial charge in [0.15, 0.2) is 5.78 Å². The summed E-state index contributed by atoms with van der Waals surface area (Å²) in [6, 6.07) is 0. The van der Waals surface area contributed by atoms with Gasteiger partial charge in [-0.05, 0) is 6.42 Å². The van der Waals surface area contributed by atoms with Gasteiger partial charge in [0.25, 0.3) is 0 Å². The molecule has 0 spiro atoms. The number of hydrogen-bond donors (Lipinski definition) is 0. The molecule has 0 aromatic carbocycles. The summed E-state index contributed by atoms with van der Waals surface area (Å²) < 4.78 is 4.58. The number of methoxy groups -OCH3 is 1. The van der Waals surface area contributed by atoms with Gasteiger partial charge in [0, 0.05) is 5.75 Å². The second-order valence-corrected chi connectivity index (χ2v) is 4.68. The van der Waals surface area contributed by atoms with E-state index in [2.05, 4.69) is 11.7 Å². The lowest BCUT2D eigenvalue weighted by atomic mass is 10.0. The Hall–Kier alpha value is -0.510. The summed E-state index contributed by atoms with van der Waals surface area (Å²) in [6.45, 7) is 2.10. The first-order valence-electron chi connectivity index (χ1n) is 4.93. The zero-order chi connectivity index (χ0) is 10.6. The highest BCUT2D eigenvalue weighted by Gasteiger charge is 2.39. The highest BCUT2D eigenvalue weighted by molar-refractivity contribution is 8.01. The van der Waals surface area contributed by atoms with Gasteiger partial charge < -0.3 is 4.74 Å². The predicted molar refractivity (Wildman–Crippen MR) is 56.3 cm³/mol. The van der Waals surface area contributed by atoms with Crippen LogP contribution in [0.2, 0.25) is 0 Å². The molecule has 0 aromatic heterocycles. The Balaban J connectivity index is 2.47. The van der Waals surface area contributed by atoms with E-state index < -0.39 is 5.92 Å². The minimum Gasteiger partial charge on any atom is -0.468 e. The minimum absolute atomic E-state index is 0.0269. The monoisotopic (exact) mass is 216 g/mol. The quantitative estimate of drug-likeness (QED) is 0.529. The standard InChI is InChI=1S/C10H16O3S/c1-3-4-5-8-9(11)7(6-14-8)10(12)13-2/h7-8H,3-6H2,1-2H3. The number of unbranched alkanes of at least 4 members (excludes halogenated alkanes) is 1. The van der Waals surface area contributed by atoms with Crippen LogP contribution < -0.4 is 0 Å². The van der Waals surface area contributed by atoms with Crippen molar-refractivity contribution >= 4 is 23.5 Å². The van der Waals surface area contributed by atoms with E-state index in [4.69, 9.17) is 0 Å². The van der Waals surface area contributed by atoms with Gasteiger partial charge in [-0.25, -0.2) is 0 Å². The van der Waals surface area contributed by atoms with Crippen molar-refractivity contribution in [2.45, 2.75) is 31.4 Å². The molecule has 1 saturated heterocycles. The van der Waals surface area contributed by atoms with E-state index >= 15 is 0 Å². The molecule has 0 saturated carbocycles. The third-order valence-corrected chi connectivity index (χ3v) is 3.83. The molecule has 80 valence electrons. The molecule has 1 fully saturated rings. The van der Waals surface area contributed by atoms with Gasteiger partial charge in [0.2, 0.25) is 0 Å². The number of carbonyl (C=O) groups is 2. The maximum atomic E-state index is 11.7. The fraction of sp³-hybridized carbons (Fsp3) is 0.800. The lowest BCUT2D eigenvalue weighted by Crippen LogP contribution is -2.26. The Labute approximate surface area is 88.6 Å². The van der Waals surface area contributed by atoms with Crippen molar-refractivity contribution in [3.05, 3.63) is 0 Å². The molecule has 3 nitrogen and oxygen atoms in total. The third kappa shape index (κ3) is 2.50. The molecule has 1 heterocycles. The molecule has 1 aliphatic rings. The molecule has 2 unspecified atom stereocenters. The molecule has 14 heavy (non-hydrogen) atoms. The molecule has 0 amide bonds. The zero-order valence-electron chi connectivity index (χ0n) is 8.62. The van der Waals surface area contributed by atoms with Gasteiger partial charge in [0.05, 0.1) is 12.4 Å². The summed E-state index contributed by atoms with van der Waals surface area (Å²) in [6.07, 6.45) is 3.04. The molecule has 2 atom stereocenters. The van der Waals surface area contributed by atoms with E-state index in [9.17, 15) is 9.59 Å². The lowest BCUT2D eigenvalue weighted by Gasteiger charge is -2.07. The van der Waals surface area contributed by atoms with Crippen molar-refractivity contribution in [3.63, 3.8) is 0 Å². The first-order chi connectivity index (χ1) is 6.70. The van der Waals surface area contributed by atoms with Crippen LogP contribution in [0.4, 0.5) is 0 Å². The number of esters is 1. The number of ether oxygens (including phenoxy) is 1. The lowest BCUT2D eigenvalue weighted by molar-refractivity contribution is -0.147. The second kappa shape index (κ2) is 5.39. The fourth-order valence-electron chi connectivity index (χ4n) is 1.54. The molecule has 1 rings (SSSR count). The molecule has 0 radical (unpaired) electrons. The number of Topliss-reactive ketones (excluding diaryl/α,β-unsaturated/α-hetero) is 1. The molecule has 0 aliphatic carbocycles. The second-order valence-electron chi connectivity index (χ2n) is 3.44. The molecule has 1 aliphatic heterocycles. The Morgan fingerprint density at radius 2 is 2.36 bits per heavy atom. The average molecular weight is 216 g/mol. The predicted octanol–water partition coefficient (Wildman–Crippen LogP) is 1.65. The Morgan fingerprint density at radius 1 is 1.64 bits per heavy atom. The summed E-state index contributed by atoms with van der Waals surface area (Å²) >= 11 is 1.59. The van der Waals surface area contributed by atoms with Crippen LogP contribution in [0.15, 0.2) is 0 Å². The summed E-state index contributed by atoms with van der Waals surface area (Å²) in [5.41, 5.74) is 0. The van der Waals surface area contributed by atoms with Gasteiger partial charge in [-0.2, -0.15) is 0 Å². The maximum absolute atomic E-state index is 11.7. The van der Waals surface area contributed by atoms with Crippen molar-refractivity contribution in [2.24, 2.45) is 5.92 Å². The molecule has 4 heteroatoms. The first-order valence-corrected chi connectivity index (χ1v) is 5.98. The van der Waals surface area contributed by atoms with E-state index in [0.29, 0.717) is 5.75 Å². The highest BCUT2D eigenvalue weighted by atomic mass is 32.2. The SMILES string of the molecule is CCCCC1SCC(C(=O)OC)C1=O. The van der Waals surface area contributed by atoms with Crippen molar-refractivity contribution in [2.75, 3.05) is 12.9 Å². The topological polar surface area (TPSA) is 43.4 Å². The Morgan fingerprint density at radius 3 is 2.93 bits per heavy atom. The van der Waals surface area contributed by atoms with E-state index in [1.54, 1.807) is 11.8 Å². The van der Waals surface area contributed by atoms with Gasteiger partial charge in [-0.1, -0.05) is 19.8 Å². The van der Waals surface area contributed by atoms with Gasteiger partial charge in [0.1, 0.15) is 5.92 Å². The fourth-order valence-corrected chi connectivity index (χ4v) is 2.93. The van der Waals surface area contributed by atoms with Crippen LogP contribution in [0.25, 0.3) is 0 Å². The van der Waals surface area contributed by atoms with Gasteiger partial charge in [-0.15, -0.1) is 11.8 Å². The molecule has 0 aromatic rings. The number of rotatable bonds is 4. The number of hydrogen-bond acceptors (Lipinski definition) is 4. The molecule has 0 bridgehead atoms.